The first-order valence-electron chi connectivity index (χ1n) is 8.69. The van der Waals surface area contributed by atoms with Crippen molar-refractivity contribution in [3.63, 3.8) is 0 Å². The van der Waals surface area contributed by atoms with E-state index in [2.05, 4.69) is 28.5 Å². The Morgan fingerprint density at radius 3 is 2.74 bits per heavy atom. The van der Waals surface area contributed by atoms with Gasteiger partial charge in [0.15, 0.2) is 0 Å². The van der Waals surface area contributed by atoms with Gasteiger partial charge in [-0.05, 0) is 44.1 Å². The molecule has 0 radical (unpaired) electrons. The Bertz CT molecular complexity index is 958. The smallest absolute Gasteiger partial charge is 0.205 e. The fraction of sp³-hybridized carbons (Fsp3) is 0.182. The Labute approximate surface area is 160 Å². The zero-order chi connectivity index (χ0) is 19.8. The number of benzene rings is 1. The molecule has 5 heteroatoms. The predicted octanol–water partition coefficient (Wildman–Crippen LogP) is 5.64. The lowest BCUT2D eigenvalue weighted by Crippen LogP contribution is -2.00. The Hall–Kier alpha value is -3.34. The van der Waals surface area contributed by atoms with Crippen molar-refractivity contribution in [3.8, 4) is 5.75 Å². The van der Waals surface area contributed by atoms with Crippen LogP contribution in [-0.4, -0.2) is 23.3 Å². The molecule has 0 aliphatic heterocycles. The number of H-pyrrole nitrogens is 1. The van der Waals surface area contributed by atoms with E-state index in [1.54, 1.807) is 25.6 Å². The highest BCUT2D eigenvalue weighted by atomic mass is 16.5. The number of rotatable bonds is 8. The summed E-state index contributed by atoms with van der Waals surface area (Å²) in [7, 11) is 1.64. The summed E-state index contributed by atoms with van der Waals surface area (Å²) < 4.78 is 5.49. The van der Waals surface area contributed by atoms with Crippen LogP contribution < -0.4 is 10.1 Å². The van der Waals surface area contributed by atoms with Crippen LogP contribution >= 0.6 is 0 Å². The molecule has 1 aromatic carbocycles. The van der Waals surface area contributed by atoms with Crippen LogP contribution in [0.5, 0.6) is 5.75 Å². The lowest BCUT2D eigenvalue weighted by molar-refractivity contribution is 0.419. The number of hydrogen-bond donors (Lipinski definition) is 2. The lowest BCUT2D eigenvalue weighted by atomic mass is 10.0. The van der Waals surface area contributed by atoms with E-state index in [9.17, 15) is 0 Å². The van der Waals surface area contributed by atoms with Crippen LogP contribution in [-0.2, 0) is 0 Å². The molecular formula is C22H26N4O. The summed E-state index contributed by atoms with van der Waals surface area (Å²) in [5.74, 6) is 1.32. The zero-order valence-corrected chi connectivity index (χ0v) is 16.3. The summed E-state index contributed by atoms with van der Waals surface area (Å²) in [6.45, 7) is 13.6. The summed E-state index contributed by atoms with van der Waals surface area (Å²) in [5, 5.41) is 3.21. The van der Waals surface area contributed by atoms with E-state index < -0.39 is 0 Å². The van der Waals surface area contributed by atoms with E-state index in [0.717, 1.165) is 39.2 Å². The first kappa shape index (κ1) is 20.0. The van der Waals surface area contributed by atoms with Gasteiger partial charge in [-0.3, -0.25) is 4.99 Å². The zero-order valence-electron chi connectivity index (χ0n) is 16.3. The SMILES string of the molecule is C=C/C=C\C(=C/C)c1ccc(OC)c2[nH]c(NC(=C)/C(C)=C/N=C\C)nc12. The molecule has 0 unspecified atom stereocenters. The van der Waals surface area contributed by atoms with Gasteiger partial charge in [0.1, 0.15) is 16.8 Å². The minimum atomic E-state index is 0.595. The number of aromatic nitrogens is 2. The van der Waals surface area contributed by atoms with Crippen molar-refractivity contribution >= 4 is 28.8 Å². The normalized spacial score (nSPS) is 12.9. The molecule has 27 heavy (non-hydrogen) atoms. The van der Waals surface area contributed by atoms with Gasteiger partial charge in [0.25, 0.3) is 0 Å². The molecule has 0 atom stereocenters. The number of methoxy groups -OCH3 is 1. The maximum absolute atomic E-state index is 5.49. The number of hydrogen-bond acceptors (Lipinski definition) is 4. The minimum absolute atomic E-state index is 0.595. The van der Waals surface area contributed by atoms with Crippen LogP contribution in [0.2, 0.25) is 0 Å². The monoisotopic (exact) mass is 362 g/mol. The number of allylic oxidation sites excluding steroid dienone is 6. The van der Waals surface area contributed by atoms with E-state index in [1.807, 2.05) is 51.1 Å². The van der Waals surface area contributed by atoms with Gasteiger partial charge in [-0.2, -0.15) is 0 Å². The van der Waals surface area contributed by atoms with E-state index in [-0.39, 0.29) is 0 Å². The molecule has 0 aliphatic carbocycles. The van der Waals surface area contributed by atoms with E-state index >= 15 is 0 Å². The second-order valence-electron chi connectivity index (χ2n) is 5.79. The third-order valence-electron chi connectivity index (χ3n) is 4.02. The van der Waals surface area contributed by atoms with Gasteiger partial charge in [-0.1, -0.05) is 37.5 Å². The maximum Gasteiger partial charge on any atom is 0.205 e. The number of aromatic amines is 1. The summed E-state index contributed by atoms with van der Waals surface area (Å²) in [4.78, 5) is 12.1. The van der Waals surface area contributed by atoms with E-state index in [4.69, 9.17) is 9.72 Å². The van der Waals surface area contributed by atoms with Crippen molar-refractivity contribution in [2.75, 3.05) is 12.4 Å². The molecule has 1 aromatic heterocycles. The molecule has 0 saturated heterocycles. The van der Waals surface area contributed by atoms with Gasteiger partial charge in [0, 0.05) is 23.7 Å². The van der Waals surface area contributed by atoms with Gasteiger partial charge in [0.05, 0.1) is 7.11 Å². The standard InChI is InChI=1S/C22H26N4O/c1-7-10-11-17(8-2)18-12-13-19(27-6)21-20(18)25-22(26-21)24-16(5)15(4)14-23-9-3/h7-14H,1,5H2,2-4,6H3,(H2,24,25,26)/b11-10-,15-14+,17-8+,23-9-. The maximum atomic E-state index is 5.49. The number of anilines is 1. The van der Waals surface area contributed by atoms with Crippen molar-refractivity contribution in [2.24, 2.45) is 4.99 Å². The molecule has 1 heterocycles. The first-order chi connectivity index (χ1) is 13.0. The molecule has 2 rings (SSSR count). The fourth-order valence-corrected chi connectivity index (χ4v) is 2.55. The number of fused-ring (bicyclic) bond motifs is 1. The fourth-order valence-electron chi connectivity index (χ4n) is 2.55. The van der Waals surface area contributed by atoms with E-state index in [1.165, 1.54) is 0 Å². The van der Waals surface area contributed by atoms with E-state index in [0.29, 0.717) is 5.95 Å². The molecule has 2 aromatic rings. The van der Waals surface area contributed by atoms with Crippen LogP contribution in [0.15, 0.2) is 72.1 Å². The Morgan fingerprint density at radius 1 is 1.33 bits per heavy atom. The quantitative estimate of drug-likeness (QED) is 0.472. The molecule has 0 aliphatic rings. The average molecular weight is 362 g/mol. The van der Waals surface area contributed by atoms with Crippen molar-refractivity contribution in [2.45, 2.75) is 20.8 Å². The topological polar surface area (TPSA) is 62.3 Å². The lowest BCUT2D eigenvalue weighted by Gasteiger charge is -2.06. The summed E-state index contributed by atoms with van der Waals surface area (Å²) in [6.07, 6.45) is 11.2. The van der Waals surface area contributed by atoms with Crippen LogP contribution in [0.1, 0.15) is 26.3 Å². The third-order valence-corrected chi connectivity index (χ3v) is 4.02. The van der Waals surface area contributed by atoms with Gasteiger partial charge < -0.3 is 15.0 Å². The predicted molar refractivity (Wildman–Crippen MR) is 116 cm³/mol. The van der Waals surface area contributed by atoms with Gasteiger partial charge in [-0.25, -0.2) is 4.98 Å². The number of nitrogens with one attached hydrogen (secondary N) is 2. The minimum Gasteiger partial charge on any atom is -0.494 e. The highest BCUT2D eigenvalue weighted by Gasteiger charge is 2.14. The first-order valence-corrected chi connectivity index (χ1v) is 8.69. The summed E-state index contributed by atoms with van der Waals surface area (Å²) >= 11 is 0. The average Bonchev–Trinajstić information content (AvgIpc) is 3.10. The van der Waals surface area contributed by atoms with Gasteiger partial charge in [-0.15, -0.1) is 0 Å². The molecule has 0 bridgehead atoms. The highest BCUT2D eigenvalue weighted by Crippen LogP contribution is 2.32. The Kier molecular flexibility index (Phi) is 6.94. The number of aliphatic imine (C=N–C) groups is 1. The van der Waals surface area contributed by atoms with Crippen LogP contribution in [0.4, 0.5) is 5.95 Å². The Morgan fingerprint density at radius 2 is 2.11 bits per heavy atom. The molecule has 2 N–H and O–H groups in total. The molecule has 0 spiro atoms. The molecular weight excluding hydrogens is 336 g/mol. The Balaban J connectivity index is 2.50. The van der Waals surface area contributed by atoms with Crippen LogP contribution in [0.25, 0.3) is 16.6 Å². The highest BCUT2D eigenvalue weighted by molar-refractivity contribution is 5.96. The molecule has 0 fully saturated rings. The largest absolute Gasteiger partial charge is 0.494 e. The van der Waals surface area contributed by atoms with Crippen LogP contribution in [0, 0.1) is 0 Å². The van der Waals surface area contributed by atoms with Gasteiger partial charge in [0.2, 0.25) is 5.95 Å². The van der Waals surface area contributed by atoms with Crippen molar-refractivity contribution in [3.05, 3.63) is 72.6 Å². The molecule has 140 valence electrons. The van der Waals surface area contributed by atoms with Crippen molar-refractivity contribution < 1.29 is 4.74 Å². The second-order valence-corrected chi connectivity index (χ2v) is 5.79. The van der Waals surface area contributed by atoms with Crippen molar-refractivity contribution in [1.29, 1.82) is 0 Å². The summed E-state index contributed by atoms with van der Waals surface area (Å²) in [5.41, 5.74) is 5.34. The second kappa shape index (κ2) is 9.38. The van der Waals surface area contributed by atoms with Crippen molar-refractivity contribution in [1.82, 2.24) is 9.97 Å². The van der Waals surface area contributed by atoms with Gasteiger partial charge >= 0.3 is 0 Å². The number of nitrogens with zero attached hydrogens (tertiary/aromatic N) is 2. The van der Waals surface area contributed by atoms with Crippen LogP contribution in [0.3, 0.4) is 0 Å². The molecule has 5 nitrogen and oxygen atoms in total. The molecule has 0 saturated carbocycles. The third kappa shape index (κ3) is 4.64. The number of ether oxygens (including phenoxy) is 1. The summed E-state index contributed by atoms with van der Waals surface area (Å²) in [6, 6.07) is 3.94. The number of imidazole rings is 1. The molecule has 0 amide bonds.